The van der Waals surface area contributed by atoms with E-state index < -0.39 is 0 Å². The molecule has 0 saturated carbocycles. The molecule has 1 aliphatic rings. The molecule has 4 rings (SSSR count). The number of quaternary nitrogens is 1. The predicted molar refractivity (Wildman–Crippen MR) is 100 cm³/mol. The minimum atomic E-state index is -0.227. The van der Waals surface area contributed by atoms with Crippen LogP contribution in [-0.4, -0.2) is 13.1 Å². The molecule has 2 heterocycles. The van der Waals surface area contributed by atoms with Crippen molar-refractivity contribution in [1.82, 2.24) is 0 Å². The first kappa shape index (κ1) is 15.9. The molecule has 0 aliphatic carbocycles. The maximum absolute atomic E-state index is 12.7. The van der Waals surface area contributed by atoms with Crippen molar-refractivity contribution in [1.29, 1.82) is 0 Å². The van der Waals surface area contributed by atoms with Crippen LogP contribution in [0.3, 0.4) is 0 Å². The van der Waals surface area contributed by atoms with Gasteiger partial charge >= 0.3 is 5.63 Å². The fraction of sp³-hybridized carbons (Fsp3) is 0.286. The minimum absolute atomic E-state index is 0.227. The smallest absolute Gasteiger partial charge is 0.347 e. The Balaban J connectivity index is 1.80. The van der Waals surface area contributed by atoms with E-state index in [4.69, 9.17) is 4.42 Å². The van der Waals surface area contributed by atoms with Gasteiger partial charge in [0.05, 0.1) is 18.8 Å². The van der Waals surface area contributed by atoms with Gasteiger partial charge in [-0.15, -0.1) is 0 Å². The number of hydrogen-bond donors (Lipinski definition) is 2. The molecule has 128 valence electrons. The van der Waals surface area contributed by atoms with E-state index in [1.807, 2.05) is 54.6 Å². The molecule has 0 unspecified atom stereocenters. The van der Waals surface area contributed by atoms with Gasteiger partial charge < -0.3 is 14.6 Å². The van der Waals surface area contributed by atoms with Crippen LogP contribution in [0.4, 0.5) is 11.4 Å². The van der Waals surface area contributed by atoms with E-state index in [0.29, 0.717) is 12.1 Å². The molecule has 4 nitrogen and oxygen atoms in total. The predicted octanol–water partition coefficient (Wildman–Crippen LogP) is 3.11. The van der Waals surface area contributed by atoms with Crippen molar-refractivity contribution in [2.75, 3.05) is 18.4 Å². The molecule has 1 aliphatic heterocycles. The van der Waals surface area contributed by atoms with Gasteiger partial charge in [-0.25, -0.2) is 4.79 Å². The van der Waals surface area contributed by atoms with Gasteiger partial charge in [-0.05, 0) is 43.5 Å². The zero-order valence-corrected chi connectivity index (χ0v) is 14.3. The van der Waals surface area contributed by atoms with Crippen LogP contribution in [0.15, 0.2) is 63.8 Å². The maximum Gasteiger partial charge on any atom is 0.347 e. The monoisotopic (exact) mass is 335 g/mol. The molecule has 2 aromatic carbocycles. The molecule has 0 spiro atoms. The summed E-state index contributed by atoms with van der Waals surface area (Å²) in [6.07, 6.45) is 3.76. The molecular formula is C21H23N2O2+. The maximum atomic E-state index is 12.7. The molecule has 0 bridgehead atoms. The molecular weight excluding hydrogens is 312 g/mol. The average molecular weight is 335 g/mol. The Bertz CT molecular complexity index is 912. The van der Waals surface area contributed by atoms with Crippen LogP contribution < -0.4 is 15.8 Å². The summed E-state index contributed by atoms with van der Waals surface area (Å²) < 4.78 is 5.60. The molecule has 25 heavy (non-hydrogen) atoms. The highest BCUT2D eigenvalue weighted by molar-refractivity contribution is 5.93. The SMILES string of the molecule is O=c1oc2ccccc2c(Nc2ccccc2)c1C[NH+]1CCCCC1. The van der Waals surface area contributed by atoms with Gasteiger partial charge in [-0.2, -0.15) is 0 Å². The fourth-order valence-electron chi connectivity index (χ4n) is 3.64. The van der Waals surface area contributed by atoms with Gasteiger partial charge in [0.2, 0.25) is 0 Å². The third-order valence-electron chi connectivity index (χ3n) is 4.94. The number of benzene rings is 2. The number of anilines is 2. The van der Waals surface area contributed by atoms with Crippen molar-refractivity contribution in [3.05, 3.63) is 70.6 Å². The molecule has 0 radical (unpaired) electrons. The van der Waals surface area contributed by atoms with E-state index in [2.05, 4.69) is 5.32 Å². The summed E-state index contributed by atoms with van der Waals surface area (Å²) >= 11 is 0. The van der Waals surface area contributed by atoms with E-state index in [1.54, 1.807) is 0 Å². The van der Waals surface area contributed by atoms with Crippen molar-refractivity contribution in [2.45, 2.75) is 25.8 Å². The first-order valence-corrected chi connectivity index (χ1v) is 9.01. The molecule has 1 fully saturated rings. The summed E-state index contributed by atoms with van der Waals surface area (Å²) in [5.74, 6) is 0. The summed E-state index contributed by atoms with van der Waals surface area (Å²) in [5.41, 5.74) is 3.02. The second kappa shape index (κ2) is 7.11. The van der Waals surface area contributed by atoms with Crippen LogP contribution in [0.1, 0.15) is 24.8 Å². The van der Waals surface area contributed by atoms with Crippen LogP contribution in [0.25, 0.3) is 11.0 Å². The number of rotatable bonds is 4. The summed E-state index contributed by atoms with van der Waals surface area (Å²) in [4.78, 5) is 14.2. The Morgan fingerprint density at radius 3 is 2.44 bits per heavy atom. The highest BCUT2D eigenvalue weighted by Gasteiger charge is 2.21. The average Bonchev–Trinajstić information content (AvgIpc) is 2.66. The lowest BCUT2D eigenvalue weighted by molar-refractivity contribution is -0.918. The molecule has 0 atom stereocenters. The zero-order chi connectivity index (χ0) is 17.1. The fourth-order valence-corrected chi connectivity index (χ4v) is 3.64. The third kappa shape index (κ3) is 3.44. The van der Waals surface area contributed by atoms with E-state index in [0.717, 1.165) is 35.4 Å². The number of hydrogen-bond acceptors (Lipinski definition) is 3. The molecule has 0 amide bonds. The van der Waals surface area contributed by atoms with Gasteiger partial charge in [0.1, 0.15) is 17.7 Å². The van der Waals surface area contributed by atoms with E-state index in [9.17, 15) is 4.79 Å². The summed E-state index contributed by atoms with van der Waals surface area (Å²) in [7, 11) is 0. The topological polar surface area (TPSA) is 46.7 Å². The van der Waals surface area contributed by atoms with Crippen molar-refractivity contribution in [3.63, 3.8) is 0 Å². The number of likely N-dealkylation sites (tertiary alicyclic amines) is 1. The van der Waals surface area contributed by atoms with Crippen molar-refractivity contribution >= 4 is 22.3 Å². The normalized spacial score (nSPS) is 15.4. The van der Waals surface area contributed by atoms with Crippen molar-refractivity contribution < 1.29 is 9.32 Å². The van der Waals surface area contributed by atoms with Crippen LogP contribution in [0, 0.1) is 0 Å². The Morgan fingerprint density at radius 1 is 0.920 bits per heavy atom. The molecule has 2 N–H and O–H groups in total. The van der Waals surface area contributed by atoms with Crippen LogP contribution in [0.5, 0.6) is 0 Å². The van der Waals surface area contributed by atoms with E-state index in [-0.39, 0.29) is 5.63 Å². The lowest BCUT2D eigenvalue weighted by Crippen LogP contribution is -3.11. The van der Waals surface area contributed by atoms with Crippen molar-refractivity contribution in [3.8, 4) is 0 Å². The first-order valence-electron chi connectivity index (χ1n) is 9.01. The van der Waals surface area contributed by atoms with Gasteiger partial charge in [-0.1, -0.05) is 30.3 Å². The Labute approximate surface area is 147 Å². The quantitative estimate of drug-likeness (QED) is 0.720. The number of para-hydroxylation sites is 2. The zero-order valence-electron chi connectivity index (χ0n) is 14.3. The van der Waals surface area contributed by atoms with Gasteiger partial charge in [0.15, 0.2) is 0 Å². The second-order valence-corrected chi connectivity index (χ2v) is 6.72. The Kier molecular flexibility index (Phi) is 4.53. The molecule has 1 saturated heterocycles. The van der Waals surface area contributed by atoms with Gasteiger partial charge in [0.25, 0.3) is 0 Å². The summed E-state index contributed by atoms with van der Waals surface area (Å²) in [6, 6.07) is 17.7. The molecule has 4 heteroatoms. The first-order chi connectivity index (χ1) is 12.3. The number of fused-ring (bicyclic) bond motifs is 1. The lowest BCUT2D eigenvalue weighted by atomic mass is 10.1. The Morgan fingerprint density at radius 2 is 1.64 bits per heavy atom. The van der Waals surface area contributed by atoms with Crippen LogP contribution in [0.2, 0.25) is 0 Å². The Hall–Kier alpha value is -2.59. The van der Waals surface area contributed by atoms with Crippen LogP contribution in [-0.2, 0) is 6.54 Å². The largest absolute Gasteiger partial charge is 0.422 e. The highest BCUT2D eigenvalue weighted by Crippen LogP contribution is 2.28. The standard InChI is InChI=1S/C21H22N2O2/c24-21-18(15-23-13-7-2-8-14-23)20(22-16-9-3-1-4-10-16)17-11-5-6-12-19(17)25-21/h1,3-6,9-12,22H,2,7-8,13-15H2/p+1. The summed E-state index contributed by atoms with van der Waals surface area (Å²) in [5, 5.41) is 4.43. The van der Waals surface area contributed by atoms with Crippen molar-refractivity contribution in [2.24, 2.45) is 0 Å². The molecule has 3 aromatic rings. The number of nitrogens with one attached hydrogen (secondary N) is 2. The van der Waals surface area contributed by atoms with E-state index >= 15 is 0 Å². The summed E-state index contributed by atoms with van der Waals surface area (Å²) in [6.45, 7) is 2.95. The third-order valence-corrected chi connectivity index (χ3v) is 4.94. The minimum Gasteiger partial charge on any atom is -0.422 e. The van der Waals surface area contributed by atoms with Crippen LogP contribution >= 0.6 is 0 Å². The number of piperidine rings is 1. The highest BCUT2D eigenvalue weighted by atomic mass is 16.4. The van der Waals surface area contributed by atoms with E-state index in [1.165, 1.54) is 24.2 Å². The van der Waals surface area contributed by atoms with Gasteiger partial charge in [-0.3, -0.25) is 0 Å². The lowest BCUT2D eigenvalue weighted by Gasteiger charge is -2.24. The molecule has 1 aromatic heterocycles. The second-order valence-electron chi connectivity index (χ2n) is 6.72. The van der Waals surface area contributed by atoms with Gasteiger partial charge in [0, 0.05) is 11.1 Å².